The molecule has 254 valence electrons. The van der Waals surface area contributed by atoms with E-state index in [0.717, 1.165) is 21.7 Å². The topological polar surface area (TPSA) is 109 Å². The average Bonchev–Trinajstić information content (AvgIpc) is 3.15. The van der Waals surface area contributed by atoms with Crippen molar-refractivity contribution >= 4 is 52.6 Å². The lowest BCUT2D eigenvalue weighted by Crippen LogP contribution is -2.30. The van der Waals surface area contributed by atoms with Gasteiger partial charge in [-0.2, -0.15) is 0 Å². The van der Waals surface area contributed by atoms with E-state index in [-0.39, 0.29) is 11.6 Å². The molecule has 9 nitrogen and oxygen atoms in total. The summed E-state index contributed by atoms with van der Waals surface area (Å²) in [6.45, 7) is 0. The Morgan fingerprint density at radius 2 is 1.40 bits per heavy atom. The fraction of sp³-hybridized carbons (Fsp3) is 0.125. The maximum Gasteiger partial charge on any atom is 0.272 e. The van der Waals surface area contributed by atoms with E-state index in [1.807, 2.05) is 91.8 Å². The van der Waals surface area contributed by atoms with Gasteiger partial charge < -0.3 is 30.3 Å². The molecule has 0 radical (unpaired) electrons. The third-order valence-corrected chi connectivity index (χ3v) is 8.89. The first-order valence-electron chi connectivity index (χ1n) is 15.8. The Bertz CT molecular complexity index is 1950. The number of nitrogens with zero attached hydrogens (tertiary/aromatic N) is 1. The molecular weight excluding hydrogens is 649 g/mol. The molecule has 5 aromatic rings. The minimum absolute atomic E-state index is 0.0868. The number of hydrogen-bond acceptors (Lipinski definition) is 7. The third kappa shape index (κ3) is 9.33. The molecule has 10 heteroatoms. The van der Waals surface area contributed by atoms with E-state index in [1.165, 1.54) is 11.8 Å². The predicted octanol–water partition coefficient (Wildman–Crippen LogP) is 7.65. The van der Waals surface area contributed by atoms with Crippen molar-refractivity contribution in [3.63, 3.8) is 0 Å². The molecule has 1 unspecified atom stereocenters. The standard InChI is InChI=1S/C40H38N4O5S/c1-44(2)31-19-15-27(16-20-31)25-35(43-38(45)29-13-9-6-10-14-29)39(46)41-30-17-22-33(23-18-30)50-37(28-11-7-5-8-12-28)40(47)42-34-26-32(48-3)21-24-36(34)49-4/h5-26,37H,1-4H3,(H,41,46)(H,42,47)(H,43,45)/b35-25-. The summed E-state index contributed by atoms with van der Waals surface area (Å²) >= 11 is 1.37. The molecule has 5 rings (SSSR count). The number of hydrogen-bond donors (Lipinski definition) is 3. The number of ether oxygens (including phenoxy) is 2. The molecule has 0 spiro atoms. The van der Waals surface area contributed by atoms with Gasteiger partial charge in [0.2, 0.25) is 5.91 Å². The van der Waals surface area contributed by atoms with Crippen LogP contribution in [0.3, 0.4) is 0 Å². The van der Waals surface area contributed by atoms with Gasteiger partial charge in [-0.1, -0.05) is 60.7 Å². The highest BCUT2D eigenvalue weighted by Crippen LogP contribution is 2.38. The van der Waals surface area contributed by atoms with Crippen LogP contribution in [0.1, 0.15) is 26.7 Å². The number of thioether (sulfide) groups is 1. The zero-order valence-corrected chi connectivity index (χ0v) is 29.0. The van der Waals surface area contributed by atoms with Gasteiger partial charge in [-0.25, -0.2) is 0 Å². The second-order valence-electron chi connectivity index (χ2n) is 11.3. The molecule has 3 N–H and O–H groups in total. The van der Waals surface area contributed by atoms with Gasteiger partial charge >= 0.3 is 0 Å². The number of nitrogens with one attached hydrogen (secondary N) is 3. The number of rotatable bonds is 13. The Morgan fingerprint density at radius 3 is 2.02 bits per heavy atom. The average molecular weight is 687 g/mol. The number of methoxy groups -OCH3 is 2. The number of benzene rings is 5. The monoisotopic (exact) mass is 686 g/mol. The largest absolute Gasteiger partial charge is 0.497 e. The molecule has 0 aliphatic carbocycles. The zero-order chi connectivity index (χ0) is 35.5. The van der Waals surface area contributed by atoms with Crippen molar-refractivity contribution < 1.29 is 23.9 Å². The molecule has 0 bridgehead atoms. The summed E-state index contributed by atoms with van der Waals surface area (Å²) in [5.41, 5.74) is 4.10. The Kier molecular flexibility index (Phi) is 11.9. The van der Waals surface area contributed by atoms with Crippen LogP contribution >= 0.6 is 11.8 Å². The molecule has 1 atom stereocenters. The Labute approximate surface area is 296 Å². The fourth-order valence-corrected chi connectivity index (χ4v) is 5.96. The van der Waals surface area contributed by atoms with E-state index >= 15 is 0 Å². The van der Waals surface area contributed by atoms with Crippen molar-refractivity contribution in [1.82, 2.24) is 5.32 Å². The van der Waals surface area contributed by atoms with E-state index in [0.29, 0.717) is 28.4 Å². The summed E-state index contributed by atoms with van der Waals surface area (Å²) in [5, 5.41) is 8.07. The van der Waals surface area contributed by atoms with E-state index in [1.54, 1.807) is 74.9 Å². The van der Waals surface area contributed by atoms with E-state index in [9.17, 15) is 14.4 Å². The molecule has 0 aliphatic heterocycles. The lowest BCUT2D eigenvalue weighted by Gasteiger charge is -2.19. The number of anilines is 3. The Morgan fingerprint density at radius 1 is 0.740 bits per heavy atom. The van der Waals surface area contributed by atoms with Gasteiger partial charge in [0, 0.05) is 42.0 Å². The second kappa shape index (κ2) is 16.9. The first-order chi connectivity index (χ1) is 24.2. The summed E-state index contributed by atoms with van der Waals surface area (Å²) < 4.78 is 10.8. The van der Waals surface area contributed by atoms with Crippen LogP contribution in [0.25, 0.3) is 6.08 Å². The van der Waals surface area contributed by atoms with Crippen LogP contribution in [0.2, 0.25) is 0 Å². The first kappa shape index (κ1) is 35.3. The highest BCUT2D eigenvalue weighted by atomic mass is 32.2. The number of carbonyl (C=O) groups is 3. The molecule has 0 aliphatic rings. The van der Waals surface area contributed by atoms with Crippen LogP contribution < -0.4 is 30.3 Å². The normalized spacial score (nSPS) is 11.6. The highest BCUT2D eigenvalue weighted by molar-refractivity contribution is 8.00. The molecule has 50 heavy (non-hydrogen) atoms. The zero-order valence-electron chi connectivity index (χ0n) is 28.2. The van der Waals surface area contributed by atoms with Gasteiger partial charge in [0.25, 0.3) is 11.8 Å². The van der Waals surface area contributed by atoms with Crippen molar-refractivity contribution in [1.29, 1.82) is 0 Å². The molecule has 3 amide bonds. The van der Waals surface area contributed by atoms with Crippen molar-refractivity contribution in [2.24, 2.45) is 0 Å². The first-order valence-corrected chi connectivity index (χ1v) is 16.6. The second-order valence-corrected chi connectivity index (χ2v) is 12.5. The minimum atomic E-state index is -0.603. The van der Waals surface area contributed by atoms with Crippen LogP contribution in [0.15, 0.2) is 138 Å². The van der Waals surface area contributed by atoms with Crippen LogP contribution in [0, 0.1) is 0 Å². The van der Waals surface area contributed by atoms with Gasteiger partial charge in [-0.3, -0.25) is 14.4 Å². The Balaban J connectivity index is 1.34. The van der Waals surface area contributed by atoms with E-state index < -0.39 is 17.1 Å². The van der Waals surface area contributed by atoms with Gasteiger partial charge in [0.15, 0.2) is 0 Å². The molecule has 0 saturated heterocycles. The van der Waals surface area contributed by atoms with Crippen LogP contribution in [0.4, 0.5) is 17.1 Å². The quantitative estimate of drug-likeness (QED) is 0.0863. The SMILES string of the molecule is COc1ccc(OC)c(NC(=O)C(Sc2ccc(NC(=O)/C(=C/c3ccc(N(C)C)cc3)NC(=O)c3ccccc3)cc2)c2ccccc2)c1. The molecular formula is C40H38N4O5S. The summed E-state index contributed by atoms with van der Waals surface area (Å²) in [6, 6.07) is 38.2. The number of amides is 3. The lowest BCUT2D eigenvalue weighted by molar-refractivity contribution is -0.116. The minimum Gasteiger partial charge on any atom is -0.497 e. The molecule has 0 heterocycles. The predicted molar refractivity (Wildman–Crippen MR) is 201 cm³/mol. The fourth-order valence-electron chi connectivity index (χ4n) is 4.94. The maximum absolute atomic E-state index is 13.7. The Hall–Kier alpha value is -6.00. The summed E-state index contributed by atoms with van der Waals surface area (Å²) in [7, 11) is 7.00. The lowest BCUT2D eigenvalue weighted by atomic mass is 10.1. The third-order valence-electron chi connectivity index (χ3n) is 7.62. The van der Waals surface area contributed by atoms with Gasteiger partial charge in [-0.05, 0) is 77.9 Å². The van der Waals surface area contributed by atoms with E-state index in [4.69, 9.17) is 9.47 Å². The van der Waals surface area contributed by atoms with Crippen LogP contribution in [-0.2, 0) is 9.59 Å². The highest BCUT2D eigenvalue weighted by Gasteiger charge is 2.24. The maximum atomic E-state index is 13.7. The van der Waals surface area contributed by atoms with Gasteiger partial charge in [0.05, 0.1) is 19.9 Å². The van der Waals surface area contributed by atoms with Crippen molar-refractivity contribution in [3.05, 3.63) is 150 Å². The van der Waals surface area contributed by atoms with Gasteiger partial charge in [-0.15, -0.1) is 11.8 Å². The smallest absolute Gasteiger partial charge is 0.272 e. The van der Waals surface area contributed by atoms with Gasteiger partial charge in [0.1, 0.15) is 22.4 Å². The van der Waals surface area contributed by atoms with Crippen molar-refractivity contribution in [3.8, 4) is 11.5 Å². The molecule has 5 aromatic carbocycles. The molecule has 0 fully saturated rings. The summed E-state index contributed by atoms with van der Waals surface area (Å²) in [4.78, 5) is 43.2. The number of carbonyl (C=O) groups excluding carboxylic acids is 3. The van der Waals surface area contributed by atoms with Crippen molar-refractivity contribution in [2.45, 2.75) is 10.1 Å². The summed E-state index contributed by atoms with van der Waals surface area (Å²) in [5.74, 6) is -0.0363. The summed E-state index contributed by atoms with van der Waals surface area (Å²) in [6.07, 6.45) is 1.64. The van der Waals surface area contributed by atoms with Crippen LogP contribution in [0.5, 0.6) is 11.5 Å². The molecule has 0 aromatic heterocycles. The molecule has 0 saturated carbocycles. The van der Waals surface area contributed by atoms with Crippen molar-refractivity contribution in [2.75, 3.05) is 43.8 Å². The van der Waals surface area contributed by atoms with Crippen LogP contribution in [-0.4, -0.2) is 46.0 Å². The van der Waals surface area contributed by atoms with E-state index in [2.05, 4.69) is 16.0 Å².